The zero-order valence-corrected chi connectivity index (χ0v) is 14.5. The molecule has 1 aromatic carbocycles. The van der Waals surface area contributed by atoms with E-state index in [1.54, 1.807) is 23.5 Å². The van der Waals surface area contributed by atoms with Crippen molar-refractivity contribution in [3.05, 3.63) is 41.8 Å². The standard InChI is InChI=1S/C19H18N2O3S/c22-17-12-18(23)21(19(24)20(17)10-9-13-3-4-13)15-7-5-14(6-8-15)16-2-1-11-25-16/h1-2,5-8,11,13H,3-4,9-10,12H2. The van der Waals surface area contributed by atoms with Crippen LogP contribution in [0.3, 0.4) is 0 Å². The van der Waals surface area contributed by atoms with Gasteiger partial charge in [-0.25, -0.2) is 9.69 Å². The van der Waals surface area contributed by atoms with Gasteiger partial charge in [0.2, 0.25) is 11.8 Å². The lowest BCUT2D eigenvalue weighted by molar-refractivity contribution is -0.134. The van der Waals surface area contributed by atoms with Gasteiger partial charge in [0.15, 0.2) is 0 Å². The third kappa shape index (κ3) is 3.22. The number of carbonyl (C=O) groups is 3. The number of rotatable bonds is 5. The average Bonchev–Trinajstić information content (AvgIpc) is 3.26. The molecule has 2 heterocycles. The number of anilines is 1. The van der Waals surface area contributed by atoms with Gasteiger partial charge in [0.1, 0.15) is 6.42 Å². The predicted molar refractivity (Wildman–Crippen MR) is 96.3 cm³/mol. The highest BCUT2D eigenvalue weighted by Crippen LogP contribution is 2.33. The van der Waals surface area contributed by atoms with Crippen LogP contribution in [0.5, 0.6) is 0 Å². The van der Waals surface area contributed by atoms with Gasteiger partial charge in [-0.1, -0.05) is 31.0 Å². The molecule has 5 nitrogen and oxygen atoms in total. The monoisotopic (exact) mass is 354 g/mol. The zero-order chi connectivity index (χ0) is 17.4. The molecule has 6 heteroatoms. The number of benzene rings is 1. The highest BCUT2D eigenvalue weighted by Gasteiger charge is 2.39. The predicted octanol–water partition coefficient (Wildman–Crippen LogP) is 3.90. The normalized spacial score (nSPS) is 18.2. The second kappa shape index (κ2) is 6.44. The summed E-state index contributed by atoms with van der Waals surface area (Å²) in [5, 5.41) is 2.00. The zero-order valence-electron chi connectivity index (χ0n) is 13.7. The number of carbonyl (C=O) groups excluding carboxylic acids is 3. The Labute approximate surface area is 149 Å². The van der Waals surface area contributed by atoms with E-state index in [0.29, 0.717) is 18.2 Å². The summed E-state index contributed by atoms with van der Waals surface area (Å²) >= 11 is 1.63. The SMILES string of the molecule is O=C1CC(=O)N(c2ccc(-c3cccs3)cc2)C(=O)N1CCC1CC1. The van der Waals surface area contributed by atoms with Crippen molar-refractivity contribution in [2.75, 3.05) is 11.4 Å². The minimum Gasteiger partial charge on any atom is -0.274 e. The third-order valence-corrected chi connectivity index (χ3v) is 5.58. The summed E-state index contributed by atoms with van der Waals surface area (Å²) in [6.07, 6.45) is 2.92. The molecule has 2 aliphatic rings. The van der Waals surface area contributed by atoms with Crippen molar-refractivity contribution in [3.8, 4) is 10.4 Å². The van der Waals surface area contributed by atoms with Gasteiger partial charge in [0, 0.05) is 11.4 Å². The van der Waals surface area contributed by atoms with Crippen molar-refractivity contribution in [1.29, 1.82) is 0 Å². The Balaban J connectivity index is 1.55. The molecule has 4 rings (SSSR count). The first-order valence-corrected chi connectivity index (χ1v) is 9.32. The van der Waals surface area contributed by atoms with Crippen LogP contribution in [0, 0.1) is 5.92 Å². The van der Waals surface area contributed by atoms with Crippen molar-refractivity contribution in [2.24, 2.45) is 5.92 Å². The summed E-state index contributed by atoms with van der Waals surface area (Å²) in [5.74, 6) is -0.222. The average molecular weight is 354 g/mol. The largest absolute Gasteiger partial charge is 0.338 e. The molecule has 0 spiro atoms. The quantitative estimate of drug-likeness (QED) is 0.765. The van der Waals surface area contributed by atoms with E-state index in [1.807, 2.05) is 29.6 Å². The van der Waals surface area contributed by atoms with Crippen LogP contribution < -0.4 is 4.90 Å². The van der Waals surface area contributed by atoms with Crippen molar-refractivity contribution < 1.29 is 14.4 Å². The number of imide groups is 2. The molecule has 1 saturated heterocycles. The maximum atomic E-state index is 12.7. The lowest BCUT2D eigenvalue weighted by atomic mass is 10.1. The van der Waals surface area contributed by atoms with Crippen LogP contribution in [-0.4, -0.2) is 29.3 Å². The first-order chi connectivity index (χ1) is 12.1. The summed E-state index contributed by atoms with van der Waals surface area (Å²) < 4.78 is 0. The molecule has 1 aromatic heterocycles. The molecule has 0 unspecified atom stereocenters. The first kappa shape index (κ1) is 16.0. The lowest BCUT2D eigenvalue weighted by Gasteiger charge is -2.32. The molecule has 25 heavy (non-hydrogen) atoms. The summed E-state index contributed by atoms with van der Waals surface area (Å²) in [6.45, 7) is 0.402. The second-order valence-corrected chi connectivity index (χ2v) is 7.44. The summed E-state index contributed by atoms with van der Waals surface area (Å²) in [4.78, 5) is 40.6. The molecule has 0 bridgehead atoms. The van der Waals surface area contributed by atoms with Gasteiger partial charge < -0.3 is 0 Å². The van der Waals surface area contributed by atoms with Crippen molar-refractivity contribution >= 4 is 34.9 Å². The van der Waals surface area contributed by atoms with Crippen LogP contribution in [-0.2, 0) is 9.59 Å². The van der Waals surface area contributed by atoms with Gasteiger partial charge in [0.05, 0.1) is 5.69 Å². The van der Waals surface area contributed by atoms with E-state index in [2.05, 4.69) is 0 Å². The van der Waals surface area contributed by atoms with Crippen LogP contribution in [0.15, 0.2) is 41.8 Å². The number of amides is 4. The van der Waals surface area contributed by atoms with E-state index in [-0.39, 0.29) is 12.3 Å². The molecule has 0 N–H and O–H groups in total. The van der Waals surface area contributed by atoms with Crippen LogP contribution in [0.1, 0.15) is 25.7 Å². The highest BCUT2D eigenvalue weighted by molar-refractivity contribution is 7.13. The topological polar surface area (TPSA) is 57.7 Å². The highest BCUT2D eigenvalue weighted by atomic mass is 32.1. The van der Waals surface area contributed by atoms with E-state index >= 15 is 0 Å². The molecule has 1 saturated carbocycles. The Bertz CT molecular complexity index is 810. The number of hydrogen-bond donors (Lipinski definition) is 0. The van der Waals surface area contributed by atoms with Crippen LogP contribution in [0.2, 0.25) is 0 Å². The Morgan fingerprint density at radius 3 is 2.40 bits per heavy atom. The van der Waals surface area contributed by atoms with Gasteiger partial charge in [0.25, 0.3) is 0 Å². The summed E-state index contributed by atoms with van der Waals surface area (Å²) in [7, 11) is 0. The van der Waals surface area contributed by atoms with Crippen molar-refractivity contribution in [3.63, 3.8) is 0 Å². The molecule has 2 aromatic rings. The molecule has 1 aliphatic carbocycles. The molecule has 0 radical (unpaired) electrons. The maximum absolute atomic E-state index is 12.7. The Morgan fingerprint density at radius 2 is 1.76 bits per heavy atom. The van der Waals surface area contributed by atoms with E-state index in [9.17, 15) is 14.4 Å². The lowest BCUT2D eigenvalue weighted by Crippen LogP contribution is -2.55. The molecular formula is C19H18N2O3S. The first-order valence-electron chi connectivity index (χ1n) is 8.45. The second-order valence-electron chi connectivity index (χ2n) is 6.49. The smallest absolute Gasteiger partial charge is 0.274 e. The fourth-order valence-corrected chi connectivity index (χ4v) is 3.78. The van der Waals surface area contributed by atoms with Crippen LogP contribution in [0.4, 0.5) is 10.5 Å². The van der Waals surface area contributed by atoms with Gasteiger partial charge in [-0.2, -0.15) is 0 Å². The fraction of sp³-hybridized carbons (Fsp3) is 0.316. The molecular weight excluding hydrogens is 336 g/mol. The Hall–Kier alpha value is -2.47. The van der Waals surface area contributed by atoms with Crippen molar-refractivity contribution in [2.45, 2.75) is 25.7 Å². The molecule has 1 aliphatic heterocycles. The number of barbiturate groups is 1. The van der Waals surface area contributed by atoms with E-state index < -0.39 is 11.9 Å². The molecule has 2 fully saturated rings. The van der Waals surface area contributed by atoms with Gasteiger partial charge in [-0.05, 0) is 41.5 Å². The van der Waals surface area contributed by atoms with Gasteiger partial charge in [-0.3, -0.25) is 14.5 Å². The number of urea groups is 1. The van der Waals surface area contributed by atoms with E-state index in [0.717, 1.165) is 21.8 Å². The number of thiophene rings is 1. The van der Waals surface area contributed by atoms with Crippen LogP contribution in [0.25, 0.3) is 10.4 Å². The Morgan fingerprint density at radius 1 is 1.00 bits per heavy atom. The van der Waals surface area contributed by atoms with Crippen LogP contribution >= 0.6 is 11.3 Å². The number of nitrogens with zero attached hydrogens (tertiary/aromatic N) is 2. The van der Waals surface area contributed by atoms with E-state index in [1.165, 1.54) is 17.7 Å². The van der Waals surface area contributed by atoms with Gasteiger partial charge in [-0.15, -0.1) is 11.3 Å². The summed E-state index contributed by atoms with van der Waals surface area (Å²) in [5.41, 5.74) is 1.55. The molecule has 128 valence electrons. The van der Waals surface area contributed by atoms with E-state index in [4.69, 9.17) is 0 Å². The molecule has 0 atom stereocenters. The third-order valence-electron chi connectivity index (χ3n) is 4.66. The fourth-order valence-electron chi connectivity index (χ4n) is 3.05. The maximum Gasteiger partial charge on any atom is 0.338 e. The minimum atomic E-state index is -0.522. The van der Waals surface area contributed by atoms with Crippen molar-refractivity contribution in [1.82, 2.24) is 4.90 Å². The number of hydrogen-bond acceptors (Lipinski definition) is 4. The van der Waals surface area contributed by atoms with Gasteiger partial charge >= 0.3 is 6.03 Å². The molecule has 4 amide bonds. The minimum absolute atomic E-state index is 0.247. The summed E-state index contributed by atoms with van der Waals surface area (Å²) in [6, 6.07) is 10.8. The Kier molecular flexibility index (Phi) is 4.13.